The molecule has 58 valence electrons. The van der Waals surface area contributed by atoms with E-state index in [0.717, 1.165) is 0 Å². The third-order valence-corrected chi connectivity index (χ3v) is 1.90. The summed E-state index contributed by atoms with van der Waals surface area (Å²) in [5.74, 6) is 0. The molecule has 0 aliphatic heterocycles. The number of hydrogen-bond acceptors (Lipinski definition) is 0. The molecule has 0 aromatic carbocycles. The average molecular weight is 140 g/mol. The van der Waals surface area contributed by atoms with Gasteiger partial charge in [0.25, 0.3) is 0 Å². The Labute approximate surface area is 62.8 Å². The lowest BCUT2D eigenvalue weighted by molar-refractivity contribution is 0.824. The molecule has 0 aromatic heterocycles. The van der Waals surface area contributed by atoms with E-state index in [-0.39, 0.29) is 5.48 Å². The van der Waals surface area contributed by atoms with Crippen LogP contribution < -0.4 is 0 Å². The molecule has 1 nitrogen and oxygen atoms in total. The Hall–Kier alpha value is -0.560. The van der Waals surface area contributed by atoms with Gasteiger partial charge in [0.2, 0.25) is 0 Å². The van der Waals surface area contributed by atoms with E-state index in [4.69, 9.17) is 0 Å². The molecular weight excluding hydrogens is 124 g/mol. The summed E-state index contributed by atoms with van der Waals surface area (Å²) in [5.41, 5.74) is 3.12. The van der Waals surface area contributed by atoms with Crippen LogP contribution in [0.15, 0.2) is 23.3 Å². The fourth-order valence-corrected chi connectivity index (χ4v) is 1.08. The minimum Gasteiger partial charge on any atom is -0.412 e. The molecule has 1 aliphatic carbocycles. The van der Waals surface area contributed by atoms with Gasteiger partial charge in [-0.3, -0.25) is 0 Å². The van der Waals surface area contributed by atoms with Gasteiger partial charge >= 0.3 is 0 Å². The van der Waals surface area contributed by atoms with Crippen LogP contribution in [0.1, 0.15) is 33.1 Å². The standard InChI is InChI=1S/C9H14.H2O/c1-3-9-6-4-8(2)5-7-9;/h4,6H,3,5,7H2,1-2H3;1H2. The highest BCUT2D eigenvalue weighted by atomic mass is 16.0. The summed E-state index contributed by atoms with van der Waals surface area (Å²) >= 11 is 0. The quantitative estimate of drug-likeness (QED) is 0.535. The first-order valence-corrected chi connectivity index (χ1v) is 3.68. The molecule has 0 fully saturated rings. The molecule has 0 amide bonds. The molecule has 0 spiro atoms. The first-order chi connectivity index (χ1) is 4.33. The van der Waals surface area contributed by atoms with Crippen molar-refractivity contribution < 1.29 is 5.48 Å². The van der Waals surface area contributed by atoms with Crippen LogP contribution in [0, 0.1) is 0 Å². The lowest BCUT2D eigenvalue weighted by atomic mass is 9.98. The van der Waals surface area contributed by atoms with Crippen molar-refractivity contribution in [2.75, 3.05) is 0 Å². The summed E-state index contributed by atoms with van der Waals surface area (Å²) in [7, 11) is 0. The minimum atomic E-state index is 0. The third-order valence-electron chi connectivity index (χ3n) is 1.90. The second-order valence-corrected chi connectivity index (χ2v) is 2.69. The molecule has 0 bridgehead atoms. The lowest BCUT2D eigenvalue weighted by Crippen LogP contribution is -1.88. The van der Waals surface area contributed by atoms with Gasteiger partial charge in [-0.1, -0.05) is 30.2 Å². The molecule has 0 saturated carbocycles. The predicted molar refractivity (Wildman–Crippen MR) is 45.0 cm³/mol. The molecule has 1 aliphatic rings. The van der Waals surface area contributed by atoms with Crippen LogP contribution in [-0.2, 0) is 0 Å². The summed E-state index contributed by atoms with van der Waals surface area (Å²) < 4.78 is 0. The van der Waals surface area contributed by atoms with E-state index >= 15 is 0 Å². The second kappa shape index (κ2) is 4.29. The predicted octanol–water partition coefficient (Wildman–Crippen LogP) is 2.24. The molecule has 0 atom stereocenters. The van der Waals surface area contributed by atoms with Gasteiger partial charge in [0.05, 0.1) is 0 Å². The third kappa shape index (κ3) is 2.36. The van der Waals surface area contributed by atoms with Gasteiger partial charge in [-0.05, 0) is 26.2 Å². The second-order valence-electron chi connectivity index (χ2n) is 2.69. The highest BCUT2D eigenvalue weighted by molar-refractivity contribution is 5.22. The first kappa shape index (κ1) is 9.44. The van der Waals surface area contributed by atoms with Crippen LogP contribution in [0.25, 0.3) is 0 Å². The van der Waals surface area contributed by atoms with Crippen molar-refractivity contribution in [2.45, 2.75) is 33.1 Å². The Bertz CT molecular complexity index is 154. The lowest BCUT2D eigenvalue weighted by Gasteiger charge is -2.08. The van der Waals surface area contributed by atoms with Crippen molar-refractivity contribution in [3.05, 3.63) is 23.3 Å². The van der Waals surface area contributed by atoms with Gasteiger partial charge in [-0.25, -0.2) is 0 Å². The van der Waals surface area contributed by atoms with Crippen LogP contribution in [-0.4, -0.2) is 5.48 Å². The number of allylic oxidation sites excluding steroid dienone is 4. The van der Waals surface area contributed by atoms with Gasteiger partial charge in [0.1, 0.15) is 0 Å². The van der Waals surface area contributed by atoms with Crippen molar-refractivity contribution >= 4 is 0 Å². The molecule has 0 radical (unpaired) electrons. The van der Waals surface area contributed by atoms with Crippen molar-refractivity contribution in [2.24, 2.45) is 0 Å². The minimum absolute atomic E-state index is 0. The average Bonchev–Trinajstić information content (AvgIpc) is 1.90. The molecule has 0 unspecified atom stereocenters. The van der Waals surface area contributed by atoms with Gasteiger partial charge < -0.3 is 5.48 Å². The Morgan fingerprint density at radius 3 is 2.40 bits per heavy atom. The molecular formula is C9H16O. The van der Waals surface area contributed by atoms with Crippen molar-refractivity contribution in [1.29, 1.82) is 0 Å². The highest BCUT2D eigenvalue weighted by Gasteiger charge is 1.99. The van der Waals surface area contributed by atoms with Crippen LogP contribution in [0.4, 0.5) is 0 Å². The maximum atomic E-state index is 2.26. The summed E-state index contributed by atoms with van der Waals surface area (Å²) in [6.45, 7) is 4.42. The fourth-order valence-electron chi connectivity index (χ4n) is 1.08. The zero-order chi connectivity index (χ0) is 6.69. The summed E-state index contributed by atoms with van der Waals surface area (Å²) in [4.78, 5) is 0. The molecule has 0 saturated heterocycles. The Kier molecular flexibility index (Phi) is 4.05. The molecule has 2 N–H and O–H groups in total. The number of rotatable bonds is 1. The summed E-state index contributed by atoms with van der Waals surface area (Å²) in [6.07, 6.45) is 8.30. The highest BCUT2D eigenvalue weighted by Crippen LogP contribution is 2.19. The van der Waals surface area contributed by atoms with Gasteiger partial charge in [0, 0.05) is 0 Å². The van der Waals surface area contributed by atoms with Crippen LogP contribution >= 0.6 is 0 Å². The van der Waals surface area contributed by atoms with E-state index < -0.39 is 0 Å². The molecule has 1 heteroatoms. The first-order valence-electron chi connectivity index (χ1n) is 3.68. The molecule has 1 rings (SSSR count). The summed E-state index contributed by atoms with van der Waals surface area (Å²) in [5, 5.41) is 0. The van der Waals surface area contributed by atoms with Crippen LogP contribution in [0.3, 0.4) is 0 Å². The molecule has 0 aromatic rings. The smallest absolute Gasteiger partial charge is 0.0280 e. The Balaban J connectivity index is 0.000000810. The monoisotopic (exact) mass is 140 g/mol. The summed E-state index contributed by atoms with van der Waals surface area (Å²) in [6, 6.07) is 0. The van der Waals surface area contributed by atoms with E-state index in [1.165, 1.54) is 24.8 Å². The largest absolute Gasteiger partial charge is 0.412 e. The van der Waals surface area contributed by atoms with Crippen molar-refractivity contribution in [3.8, 4) is 0 Å². The van der Waals surface area contributed by atoms with Gasteiger partial charge in [-0.2, -0.15) is 0 Å². The van der Waals surface area contributed by atoms with Gasteiger partial charge in [-0.15, -0.1) is 0 Å². The van der Waals surface area contributed by atoms with Crippen molar-refractivity contribution in [1.82, 2.24) is 0 Å². The zero-order valence-electron chi connectivity index (χ0n) is 6.78. The van der Waals surface area contributed by atoms with E-state index in [0.29, 0.717) is 0 Å². The Morgan fingerprint density at radius 1 is 1.30 bits per heavy atom. The number of hydrogen-bond donors (Lipinski definition) is 0. The SMILES string of the molecule is CCC1=CC=C(C)CC1.O. The molecule has 10 heavy (non-hydrogen) atoms. The van der Waals surface area contributed by atoms with E-state index in [1.54, 1.807) is 5.57 Å². The van der Waals surface area contributed by atoms with E-state index in [2.05, 4.69) is 26.0 Å². The topological polar surface area (TPSA) is 31.5 Å². The maximum absolute atomic E-state index is 2.26. The zero-order valence-corrected chi connectivity index (χ0v) is 6.78. The normalized spacial score (nSPS) is 17.0. The van der Waals surface area contributed by atoms with Crippen LogP contribution in [0.5, 0.6) is 0 Å². The van der Waals surface area contributed by atoms with E-state index in [1.807, 2.05) is 0 Å². The van der Waals surface area contributed by atoms with E-state index in [9.17, 15) is 0 Å². The fraction of sp³-hybridized carbons (Fsp3) is 0.556. The van der Waals surface area contributed by atoms with Gasteiger partial charge in [0.15, 0.2) is 0 Å². The molecule has 0 heterocycles. The van der Waals surface area contributed by atoms with Crippen LogP contribution in [0.2, 0.25) is 0 Å². The Morgan fingerprint density at radius 2 is 2.00 bits per heavy atom. The van der Waals surface area contributed by atoms with Crippen molar-refractivity contribution in [3.63, 3.8) is 0 Å². The maximum Gasteiger partial charge on any atom is -0.0280 e.